The van der Waals surface area contributed by atoms with Crippen molar-refractivity contribution in [2.24, 2.45) is 0 Å². The summed E-state index contributed by atoms with van der Waals surface area (Å²) in [5, 5.41) is 11.8. The third-order valence-corrected chi connectivity index (χ3v) is 3.30. The van der Waals surface area contributed by atoms with Crippen LogP contribution >= 0.6 is 0 Å². The summed E-state index contributed by atoms with van der Waals surface area (Å²) in [6.45, 7) is 0.687. The maximum atomic E-state index is 12.2. The Hall–Kier alpha value is -2.48. The molecule has 1 unspecified atom stereocenters. The molecule has 0 spiro atoms. The Balaban J connectivity index is 1.71. The maximum Gasteiger partial charge on any atom is 0.328 e. The monoisotopic (exact) mass is 294 g/mol. The Morgan fingerprint density at radius 1 is 1.29 bits per heavy atom. The summed E-state index contributed by atoms with van der Waals surface area (Å²) in [5.41, 5.74) is 0.514. The van der Waals surface area contributed by atoms with Gasteiger partial charge in [-0.2, -0.15) is 0 Å². The van der Waals surface area contributed by atoms with Crippen molar-refractivity contribution in [3.63, 3.8) is 0 Å². The van der Waals surface area contributed by atoms with Gasteiger partial charge >= 0.3 is 12.0 Å². The number of carbonyl (C=O) groups is 2. The number of nitrogens with zero attached hydrogens (tertiary/aromatic N) is 1. The van der Waals surface area contributed by atoms with Gasteiger partial charge in [-0.1, -0.05) is 0 Å². The molecule has 0 radical (unpaired) electrons. The molecule has 1 fully saturated rings. The maximum absolute atomic E-state index is 12.2. The van der Waals surface area contributed by atoms with E-state index in [-0.39, 0.29) is 19.9 Å². The molecule has 21 heavy (non-hydrogen) atoms. The third kappa shape index (κ3) is 2.70. The fourth-order valence-corrected chi connectivity index (χ4v) is 2.22. The molecule has 2 aliphatic rings. The molecule has 2 heterocycles. The zero-order valence-electron chi connectivity index (χ0n) is 11.1. The lowest BCUT2D eigenvalue weighted by Gasteiger charge is -2.32. The minimum absolute atomic E-state index is 0.0100. The van der Waals surface area contributed by atoms with Crippen molar-refractivity contribution in [3.8, 4) is 11.5 Å². The number of hydrogen-bond donors (Lipinski definition) is 2. The van der Waals surface area contributed by atoms with Crippen LogP contribution in [0.3, 0.4) is 0 Å². The van der Waals surface area contributed by atoms with Gasteiger partial charge in [0.05, 0.1) is 13.2 Å². The fraction of sp³-hybridized carbons (Fsp3) is 0.385. The molecule has 0 aromatic heterocycles. The van der Waals surface area contributed by atoms with Crippen LogP contribution in [0.5, 0.6) is 11.5 Å². The van der Waals surface area contributed by atoms with Crippen LogP contribution in [0.4, 0.5) is 10.5 Å². The van der Waals surface area contributed by atoms with E-state index in [1.165, 1.54) is 4.90 Å². The van der Waals surface area contributed by atoms with Crippen LogP contribution in [0.15, 0.2) is 18.2 Å². The van der Waals surface area contributed by atoms with Crippen LogP contribution < -0.4 is 14.8 Å². The number of ether oxygens (including phenoxy) is 3. The van der Waals surface area contributed by atoms with Crippen molar-refractivity contribution in [3.05, 3.63) is 18.2 Å². The molecule has 1 saturated heterocycles. The SMILES string of the molecule is O=C(O)C1COCCN1C(=O)Nc1ccc2c(c1)OCO2. The summed E-state index contributed by atoms with van der Waals surface area (Å²) in [6, 6.07) is 3.53. The van der Waals surface area contributed by atoms with Crippen LogP contribution in [0.1, 0.15) is 0 Å². The number of hydrogen-bond acceptors (Lipinski definition) is 5. The Morgan fingerprint density at radius 2 is 2.10 bits per heavy atom. The van der Waals surface area contributed by atoms with Crippen molar-refractivity contribution in [1.82, 2.24) is 4.90 Å². The van der Waals surface area contributed by atoms with Gasteiger partial charge in [-0.3, -0.25) is 0 Å². The van der Waals surface area contributed by atoms with E-state index < -0.39 is 18.0 Å². The predicted molar refractivity (Wildman–Crippen MR) is 70.5 cm³/mol. The van der Waals surface area contributed by atoms with Crippen LogP contribution in [-0.2, 0) is 9.53 Å². The van der Waals surface area contributed by atoms with Gasteiger partial charge in [-0.05, 0) is 12.1 Å². The second-order valence-corrected chi connectivity index (χ2v) is 4.62. The lowest BCUT2D eigenvalue weighted by atomic mass is 10.2. The molecule has 0 saturated carbocycles. The molecule has 1 aromatic carbocycles. The van der Waals surface area contributed by atoms with Crippen molar-refractivity contribution in [2.45, 2.75) is 6.04 Å². The molecule has 3 rings (SSSR count). The Morgan fingerprint density at radius 3 is 2.90 bits per heavy atom. The van der Waals surface area contributed by atoms with E-state index in [9.17, 15) is 9.59 Å². The highest BCUT2D eigenvalue weighted by molar-refractivity contribution is 5.92. The number of amides is 2. The van der Waals surface area contributed by atoms with E-state index in [0.717, 1.165) is 0 Å². The largest absolute Gasteiger partial charge is 0.480 e. The minimum atomic E-state index is -1.09. The smallest absolute Gasteiger partial charge is 0.328 e. The van der Waals surface area contributed by atoms with Gasteiger partial charge in [0.2, 0.25) is 6.79 Å². The normalized spacial score (nSPS) is 20.2. The summed E-state index contributed by atoms with van der Waals surface area (Å²) >= 11 is 0. The number of carboxylic acid groups (broad SMARTS) is 1. The molecule has 0 bridgehead atoms. The number of benzene rings is 1. The molecule has 1 atom stereocenters. The number of urea groups is 1. The van der Waals surface area contributed by atoms with Crippen molar-refractivity contribution in [1.29, 1.82) is 0 Å². The highest BCUT2D eigenvalue weighted by Gasteiger charge is 2.32. The van der Waals surface area contributed by atoms with E-state index in [1.807, 2.05) is 0 Å². The van der Waals surface area contributed by atoms with Crippen molar-refractivity contribution in [2.75, 3.05) is 31.9 Å². The molecule has 0 aliphatic carbocycles. The Bertz CT molecular complexity index is 576. The first kappa shape index (κ1) is 13.5. The fourth-order valence-electron chi connectivity index (χ4n) is 2.22. The van der Waals surface area contributed by atoms with Gasteiger partial charge in [-0.15, -0.1) is 0 Å². The summed E-state index contributed by atoms with van der Waals surface area (Å²) < 4.78 is 15.5. The van der Waals surface area contributed by atoms with Crippen LogP contribution in [-0.4, -0.2) is 54.6 Å². The average molecular weight is 294 g/mol. The van der Waals surface area contributed by atoms with E-state index in [2.05, 4.69) is 5.32 Å². The number of fused-ring (bicyclic) bond motifs is 1. The van der Waals surface area contributed by atoms with E-state index in [4.69, 9.17) is 19.3 Å². The molecular formula is C13H14N2O6. The van der Waals surface area contributed by atoms with E-state index in [0.29, 0.717) is 23.8 Å². The molecule has 2 amide bonds. The second-order valence-electron chi connectivity index (χ2n) is 4.62. The number of anilines is 1. The third-order valence-electron chi connectivity index (χ3n) is 3.30. The van der Waals surface area contributed by atoms with Crippen molar-refractivity contribution < 1.29 is 28.9 Å². The molecule has 8 heteroatoms. The quantitative estimate of drug-likeness (QED) is 0.834. The number of aliphatic carboxylic acids is 1. The van der Waals surface area contributed by atoms with Gasteiger partial charge < -0.3 is 29.5 Å². The van der Waals surface area contributed by atoms with Gasteiger partial charge in [0, 0.05) is 18.3 Å². The molecular weight excluding hydrogens is 280 g/mol. The molecule has 8 nitrogen and oxygen atoms in total. The first-order chi connectivity index (χ1) is 10.1. The average Bonchev–Trinajstić information content (AvgIpc) is 2.94. The van der Waals surface area contributed by atoms with Crippen LogP contribution in [0, 0.1) is 0 Å². The standard InChI is InChI=1S/C13H14N2O6/c16-12(17)9-6-19-4-3-15(9)13(18)14-8-1-2-10-11(5-8)21-7-20-10/h1-2,5,9H,3-4,6-7H2,(H,14,18)(H,16,17). The molecule has 1 aromatic rings. The lowest BCUT2D eigenvalue weighted by molar-refractivity contribution is -0.147. The summed E-state index contributed by atoms with van der Waals surface area (Å²) in [5.74, 6) is 0.0721. The van der Waals surface area contributed by atoms with Gasteiger partial charge in [0.15, 0.2) is 17.5 Å². The minimum Gasteiger partial charge on any atom is -0.480 e. The number of morpholine rings is 1. The van der Waals surface area contributed by atoms with Crippen molar-refractivity contribution >= 4 is 17.7 Å². The van der Waals surface area contributed by atoms with Crippen LogP contribution in [0.2, 0.25) is 0 Å². The topological polar surface area (TPSA) is 97.3 Å². The summed E-state index contributed by atoms with van der Waals surface area (Å²) in [6.07, 6.45) is 0. The first-order valence-corrected chi connectivity index (χ1v) is 6.43. The molecule has 112 valence electrons. The number of carboxylic acids is 1. The first-order valence-electron chi connectivity index (χ1n) is 6.43. The van der Waals surface area contributed by atoms with E-state index >= 15 is 0 Å². The predicted octanol–water partition coefficient (Wildman–Crippen LogP) is 0.733. The van der Waals surface area contributed by atoms with Gasteiger partial charge in [0.25, 0.3) is 0 Å². The number of carbonyl (C=O) groups excluding carboxylic acids is 1. The lowest BCUT2D eigenvalue weighted by Crippen LogP contribution is -2.53. The van der Waals surface area contributed by atoms with Gasteiger partial charge in [-0.25, -0.2) is 9.59 Å². The number of nitrogens with one attached hydrogen (secondary N) is 1. The Labute approximate surface area is 120 Å². The highest BCUT2D eigenvalue weighted by atomic mass is 16.7. The number of rotatable bonds is 2. The van der Waals surface area contributed by atoms with Crippen LogP contribution in [0.25, 0.3) is 0 Å². The molecule has 2 aliphatic heterocycles. The highest BCUT2D eigenvalue weighted by Crippen LogP contribution is 2.34. The summed E-state index contributed by atoms with van der Waals surface area (Å²) in [7, 11) is 0. The molecule has 2 N–H and O–H groups in total. The van der Waals surface area contributed by atoms with Gasteiger partial charge in [0.1, 0.15) is 0 Å². The summed E-state index contributed by atoms with van der Waals surface area (Å²) in [4.78, 5) is 24.6. The second kappa shape index (κ2) is 5.49. The zero-order chi connectivity index (χ0) is 14.8. The zero-order valence-corrected chi connectivity index (χ0v) is 11.1. The Kier molecular flexibility index (Phi) is 3.53. The van der Waals surface area contributed by atoms with E-state index in [1.54, 1.807) is 18.2 Å².